The predicted molar refractivity (Wildman–Crippen MR) is 146 cm³/mol. The summed E-state index contributed by atoms with van der Waals surface area (Å²) in [6.07, 6.45) is 11.6. The fraction of sp³-hybridized carbons (Fsp3) is 0.742. The quantitative estimate of drug-likeness (QED) is 0.203. The Morgan fingerprint density at radius 1 is 1.03 bits per heavy atom. The van der Waals surface area contributed by atoms with E-state index in [9.17, 15) is 14.7 Å². The highest BCUT2D eigenvalue weighted by Crippen LogP contribution is 2.45. The van der Waals surface area contributed by atoms with E-state index in [2.05, 4.69) is 27.7 Å². The molecule has 0 aliphatic carbocycles. The number of fused-ring (bicyclic) bond motifs is 1. The van der Waals surface area contributed by atoms with Crippen molar-refractivity contribution in [2.24, 2.45) is 17.8 Å². The van der Waals surface area contributed by atoms with Crippen molar-refractivity contribution in [2.45, 2.75) is 132 Å². The molecular weight excluding hydrogens is 452 g/mol. The molecule has 1 aromatic carbocycles. The zero-order chi connectivity index (χ0) is 29.5. The second-order valence-corrected chi connectivity index (χ2v) is 11.8. The fourth-order valence-corrected chi connectivity index (χ4v) is 5.40. The van der Waals surface area contributed by atoms with E-state index in [0.29, 0.717) is 35.6 Å². The number of esters is 1. The second-order valence-electron chi connectivity index (χ2n) is 11.8. The van der Waals surface area contributed by atoms with Crippen LogP contribution in [0.3, 0.4) is 0 Å². The summed E-state index contributed by atoms with van der Waals surface area (Å²) < 4.78 is 35.7. The zero-order valence-electron chi connectivity index (χ0n) is 26.6. The van der Waals surface area contributed by atoms with Gasteiger partial charge in [0.05, 0.1) is 0 Å². The monoisotopic (exact) mass is 505 g/mol. The van der Waals surface area contributed by atoms with Crippen molar-refractivity contribution in [2.75, 3.05) is 0 Å². The summed E-state index contributed by atoms with van der Waals surface area (Å²) in [6.45, 7) is 11.3. The number of carboxylic acid groups (broad SMARTS) is 1. The van der Waals surface area contributed by atoms with Crippen molar-refractivity contribution in [1.29, 1.82) is 0 Å². The molecular formula is C31H50O5. The van der Waals surface area contributed by atoms with Gasteiger partial charge in [0.15, 0.2) is 0 Å². The number of carbonyl (C=O) groups is 2. The molecule has 0 aromatic heterocycles. The highest BCUT2D eigenvalue weighted by atomic mass is 16.5. The highest BCUT2D eigenvalue weighted by molar-refractivity contribution is 5.96. The van der Waals surface area contributed by atoms with Gasteiger partial charge < -0.3 is 14.6 Å². The minimum Gasteiger partial charge on any atom is -0.487 e. The fourth-order valence-electron chi connectivity index (χ4n) is 5.40. The molecule has 0 unspecified atom stereocenters. The standard InChI is InChI=1S/C31H50O5/c1-20(2)12-9-13-21(3)14-10-15-22(4)16-11-18-31(8)19-17-26-27(30(33)34)29(35-25(7)32)24(6)23(5)28(26)36-31/h20-22H,9-19H2,1-8H3,(H,33,34)/t21-,22-,31-/m1/s1/i6D3. The highest BCUT2D eigenvalue weighted by Gasteiger charge is 2.37. The summed E-state index contributed by atoms with van der Waals surface area (Å²) in [6, 6.07) is 0. The Morgan fingerprint density at radius 3 is 2.14 bits per heavy atom. The largest absolute Gasteiger partial charge is 0.487 e. The van der Waals surface area contributed by atoms with Crippen molar-refractivity contribution in [3.8, 4) is 11.5 Å². The van der Waals surface area contributed by atoms with Crippen LogP contribution >= 0.6 is 0 Å². The van der Waals surface area contributed by atoms with E-state index < -0.39 is 24.4 Å². The molecule has 0 amide bonds. The number of carboxylic acids is 1. The molecule has 1 heterocycles. The summed E-state index contributed by atoms with van der Waals surface area (Å²) in [5, 5.41) is 9.99. The maximum Gasteiger partial charge on any atom is 0.339 e. The number of hydrogen-bond acceptors (Lipinski definition) is 4. The molecule has 0 radical (unpaired) electrons. The van der Waals surface area contributed by atoms with E-state index in [-0.39, 0.29) is 16.9 Å². The van der Waals surface area contributed by atoms with Gasteiger partial charge in [-0.3, -0.25) is 4.79 Å². The Bertz CT molecular complexity index is 1000. The number of aromatic carboxylic acids is 1. The van der Waals surface area contributed by atoms with Crippen LogP contribution in [0.25, 0.3) is 0 Å². The first kappa shape index (κ1) is 25.6. The first-order valence-corrected chi connectivity index (χ1v) is 13.9. The Morgan fingerprint density at radius 2 is 1.61 bits per heavy atom. The van der Waals surface area contributed by atoms with Crippen LogP contribution in [0.5, 0.6) is 11.5 Å². The first-order chi connectivity index (χ1) is 18.1. The average molecular weight is 506 g/mol. The van der Waals surface area contributed by atoms with Crippen LogP contribution in [-0.2, 0) is 11.2 Å². The van der Waals surface area contributed by atoms with Gasteiger partial charge in [-0.25, -0.2) is 4.79 Å². The average Bonchev–Trinajstić information content (AvgIpc) is 2.78. The van der Waals surface area contributed by atoms with E-state index >= 15 is 0 Å². The van der Waals surface area contributed by atoms with Gasteiger partial charge in [-0.05, 0) is 75.3 Å². The normalized spacial score (nSPS) is 20.5. The number of rotatable bonds is 14. The Kier molecular flexibility index (Phi) is 9.59. The molecule has 3 atom stereocenters. The first-order valence-electron chi connectivity index (χ1n) is 15.4. The lowest BCUT2D eigenvalue weighted by atomic mass is 9.83. The number of ether oxygens (including phenoxy) is 2. The van der Waals surface area contributed by atoms with Gasteiger partial charge in [0.1, 0.15) is 22.7 Å². The lowest BCUT2D eigenvalue weighted by Gasteiger charge is -2.38. The molecule has 204 valence electrons. The van der Waals surface area contributed by atoms with Crippen LogP contribution in [0.1, 0.15) is 137 Å². The number of hydrogen-bond donors (Lipinski definition) is 1. The molecule has 36 heavy (non-hydrogen) atoms. The summed E-state index contributed by atoms with van der Waals surface area (Å²) in [4.78, 5) is 24.0. The van der Waals surface area contributed by atoms with Crippen LogP contribution in [-0.4, -0.2) is 22.6 Å². The van der Waals surface area contributed by atoms with Gasteiger partial charge in [-0.15, -0.1) is 0 Å². The Balaban J connectivity index is 2.06. The molecule has 0 saturated heterocycles. The van der Waals surface area contributed by atoms with E-state index in [0.717, 1.165) is 38.0 Å². The topological polar surface area (TPSA) is 72.8 Å². The molecule has 5 heteroatoms. The lowest BCUT2D eigenvalue weighted by Crippen LogP contribution is -2.37. The summed E-state index contributed by atoms with van der Waals surface area (Å²) in [7, 11) is 0. The summed E-state index contributed by atoms with van der Waals surface area (Å²) in [5.41, 5.74) is -0.366. The van der Waals surface area contributed by atoms with Crippen molar-refractivity contribution in [3.63, 3.8) is 0 Å². The Hall–Kier alpha value is -2.04. The smallest absolute Gasteiger partial charge is 0.339 e. The molecule has 0 spiro atoms. The molecule has 5 nitrogen and oxygen atoms in total. The number of benzene rings is 1. The van der Waals surface area contributed by atoms with Gasteiger partial charge in [0.2, 0.25) is 0 Å². The van der Waals surface area contributed by atoms with Crippen molar-refractivity contribution >= 4 is 11.9 Å². The van der Waals surface area contributed by atoms with Crippen molar-refractivity contribution in [1.82, 2.24) is 0 Å². The van der Waals surface area contributed by atoms with Crippen molar-refractivity contribution < 1.29 is 28.3 Å². The van der Waals surface area contributed by atoms with E-state index in [1.165, 1.54) is 38.5 Å². The molecule has 2 rings (SSSR count). The van der Waals surface area contributed by atoms with E-state index in [4.69, 9.17) is 13.6 Å². The lowest BCUT2D eigenvalue weighted by molar-refractivity contribution is -0.131. The van der Waals surface area contributed by atoms with Gasteiger partial charge >= 0.3 is 11.9 Å². The van der Waals surface area contributed by atoms with Crippen LogP contribution in [0.15, 0.2) is 0 Å². The molecule has 1 aliphatic heterocycles. The minimum absolute atomic E-state index is 0.273. The van der Waals surface area contributed by atoms with Gasteiger partial charge in [0, 0.05) is 16.6 Å². The third-order valence-corrected chi connectivity index (χ3v) is 7.73. The third kappa shape index (κ3) is 8.52. The molecule has 1 aromatic rings. The summed E-state index contributed by atoms with van der Waals surface area (Å²) >= 11 is 0. The van der Waals surface area contributed by atoms with Crippen LogP contribution in [0.2, 0.25) is 0 Å². The molecule has 0 fully saturated rings. The van der Waals surface area contributed by atoms with Crippen molar-refractivity contribution in [3.05, 3.63) is 22.3 Å². The maximum absolute atomic E-state index is 12.3. The van der Waals surface area contributed by atoms with E-state index in [1.54, 1.807) is 6.92 Å². The van der Waals surface area contributed by atoms with Gasteiger partial charge in [-0.2, -0.15) is 0 Å². The van der Waals surface area contributed by atoms with Gasteiger partial charge in [0.25, 0.3) is 0 Å². The zero-order valence-corrected chi connectivity index (χ0v) is 23.6. The summed E-state index contributed by atoms with van der Waals surface area (Å²) in [5.74, 6) is 0.0172. The minimum atomic E-state index is -2.67. The molecule has 0 saturated carbocycles. The molecule has 1 N–H and O–H groups in total. The maximum atomic E-state index is 12.3. The predicted octanol–water partition coefficient (Wildman–Crippen LogP) is 8.45. The Labute approximate surface area is 223 Å². The SMILES string of the molecule is [2H]C([2H])([2H])c1c(C)c2c(c(C(=O)O)c1OC(C)=O)CC[C@@](C)(CCC[C@H](C)CCC[C@H](C)CCCC(C)C)O2. The third-order valence-electron chi connectivity index (χ3n) is 7.73. The van der Waals surface area contributed by atoms with Gasteiger partial charge in [-0.1, -0.05) is 72.6 Å². The molecule has 1 aliphatic rings. The number of carbonyl (C=O) groups excluding carboxylic acids is 1. The van der Waals surface area contributed by atoms with Crippen LogP contribution < -0.4 is 9.47 Å². The molecule has 0 bridgehead atoms. The van der Waals surface area contributed by atoms with Crippen LogP contribution in [0, 0.1) is 31.5 Å². The van der Waals surface area contributed by atoms with Crippen LogP contribution in [0.4, 0.5) is 0 Å². The van der Waals surface area contributed by atoms with E-state index in [1.807, 2.05) is 6.92 Å². The second kappa shape index (κ2) is 13.5.